The van der Waals surface area contributed by atoms with Crippen molar-refractivity contribution in [3.63, 3.8) is 0 Å². The molecule has 0 atom stereocenters. The zero-order valence-electron chi connectivity index (χ0n) is 18.9. The van der Waals surface area contributed by atoms with Gasteiger partial charge in [0.25, 0.3) is 5.56 Å². The Labute approximate surface area is 183 Å². The number of amides is 2. The predicted octanol–water partition coefficient (Wildman–Crippen LogP) is 2.86. The van der Waals surface area contributed by atoms with Gasteiger partial charge in [0.1, 0.15) is 12.2 Å². The van der Waals surface area contributed by atoms with Crippen LogP contribution in [0.2, 0.25) is 0 Å². The van der Waals surface area contributed by atoms with Crippen molar-refractivity contribution in [2.24, 2.45) is 0 Å². The monoisotopic (exact) mass is 424 g/mol. The topological polar surface area (TPSA) is 74.7 Å². The van der Waals surface area contributed by atoms with Crippen molar-refractivity contribution in [3.8, 4) is 0 Å². The van der Waals surface area contributed by atoms with Gasteiger partial charge in [-0.25, -0.2) is 0 Å². The molecule has 0 unspecified atom stereocenters. The van der Waals surface area contributed by atoms with Gasteiger partial charge in [-0.1, -0.05) is 19.1 Å². The van der Waals surface area contributed by atoms with Gasteiger partial charge in [0, 0.05) is 44.0 Å². The normalized spacial score (nSPS) is 13.9. The zero-order chi connectivity index (χ0) is 22.5. The second-order valence-electron chi connectivity index (χ2n) is 8.16. The van der Waals surface area contributed by atoms with Gasteiger partial charge in [0.05, 0.1) is 0 Å². The number of piperazine rings is 1. The van der Waals surface area contributed by atoms with E-state index in [1.54, 1.807) is 19.1 Å². The fourth-order valence-corrected chi connectivity index (χ4v) is 3.91. The van der Waals surface area contributed by atoms with E-state index in [9.17, 15) is 14.4 Å². The summed E-state index contributed by atoms with van der Waals surface area (Å²) in [5.74, 6) is -0.272. The van der Waals surface area contributed by atoms with Crippen LogP contribution in [-0.2, 0) is 16.1 Å². The Morgan fingerprint density at radius 1 is 1.00 bits per heavy atom. The Balaban J connectivity index is 1.67. The van der Waals surface area contributed by atoms with Crippen molar-refractivity contribution in [2.75, 3.05) is 36.4 Å². The highest BCUT2D eigenvalue weighted by Crippen LogP contribution is 2.24. The number of hydrogen-bond donors (Lipinski definition) is 1. The van der Waals surface area contributed by atoms with Crippen LogP contribution in [0, 0.1) is 20.8 Å². The molecule has 1 aromatic heterocycles. The third kappa shape index (κ3) is 5.16. The molecule has 166 valence electrons. The molecule has 7 nitrogen and oxygen atoms in total. The van der Waals surface area contributed by atoms with Gasteiger partial charge in [0.2, 0.25) is 11.8 Å². The molecule has 1 aliphatic rings. The van der Waals surface area contributed by atoms with E-state index in [-0.39, 0.29) is 29.6 Å². The molecule has 31 heavy (non-hydrogen) atoms. The average Bonchev–Trinajstić information content (AvgIpc) is 2.75. The molecule has 0 radical (unpaired) electrons. The fraction of sp³-hybridized carbons (Fsp3) is 0.458. The maximum atomic E-state index is 12.9. The lowest BCUT2D eigenvalue weighted by molar-refractivity contribution is -0.132. The van der Waals surface area contributed by atoms with E-state index in [4.69, 9.17) is 0 Å². The molecular formula is C24H32N4O3. The third-order valence-electron chi connectivity index (χ3n) is 5.99. The van der Waals surface area contributed by atoms with Gasteiger partial charge in [-0.2, -0.15) is 0 Å². The van der Waals surface area contributed by atoms with Gasteiger partial charge in [0.15, 0.2) is 0 Å². The Morgan fingerprint density at radius 3 is 2.39 bits per heavy atom. The average molecular weight is 425 g/mol. The van der Waals surface area contributed by atoms with E-state index in [0.29, 0.717) is 31.6 Å². The molecule has 1 aliphatic heterocycles. The lowest BCUT2D eigenvalue weighted by Crippen LogP contribution is -2.50. The molecule has 0 spiro atoms. The summed E-state index contributed by atoms with van der Waals surface area (Å²) in [6, 6.07) is 9.67. The number of pyridine rings is 1. The van der Waals surface area contributed by atoms with E-state index < -0.39 is 0 Å². The Bertz CT molecular complexity index is 1020. The second kappa shape index (κ2) is 9.81. The highest BCUT2D eigenvalue weighted by atomic mass is 16.2. The van der Waals surface area contributed by atoms with E-state index in [0.717, 1.165) is 13.1 Å². The molecule has 1 N–H and O–H groups in total. The minimum atomic E-state index is -0.341. The number of benzene rings is 1. The highest BCUT2D eigenvalue weighted by Gasteiger charge is 2.23. The minimum Gasteiger partial charge on any atom is -0.368 e. The van der Waals surface area contributed by atoms with Crippen LogP contribution in [-0.4, -0.2) is 47.5 Å². The maximum Gasteiger partial charge on any atom is 0.274 e. The third-order valence-corrected chi connectivity index (χ3v) is 5.99. The summed E-state index contributed by atoms with van der Waals surface area (Å²) < 4.78 is 1.45. The van der Waals surface area contributed by atoms with Gasteiger partial charge >= 0.3 is 0 Å². The van der Waals surface area contributed by atoms with E-state index >= 15 is 0 Å². The largest absolute Gasteiger partial charge is 0.368 e. The number of anilines is 2. The van der Waals surface area contributed by atoms with Crippen LogP contribution in [0.1, 0.15) is 36.6 Å². The second-order valence-corrected chi connectivity index (χ2v) is 8.16. The van der Waals surface area contributed by atoms with Crippen molar-refractivity contribution in [2.45, 2.75) is 47.1 Å². The van der Waals surface area contributed by atoms with E-state index in [1.165, 1.54) is 21.4 Å². The lowest BCUT2D eigenvalue weighted by atomic mass is 10.1. The summed E-state index contributed by atoms with van der Waals surface area (Å²) in [6.07, 6.45) is 1.06. The number of aryl methyl sites for hydroxylation is 2. The number of nitrogens with zero attached hydrogens (tertiary/aromatic N) is 3. The molecule has 2 heterocycles. The Hall–Kier alpha value is -3.09. The molecule has 0 saturated carbocycles. The molecular weight excluding hydrogens is 392 g/mol. The molecule has 1 saturated heterocycles. The van der Waals surface area contributed by atoms with Crippen molar-refractivity contribution < 1.29 is 9.59 Å². The number of hydrogen-bond acceptors (Lipinski definition) is 4. The Morgan fingerprint density at radius 2 is 1.71 bits per heavy atom. The van der Waals surface area contributed by atoms with Crippen LogP contribution in [0.5, 0.6) is 0 Å². The number of nitrogens with one attached hydrogen (secondary N) is 1. The van der Waals surface area contributed by atoms with Crippen LogP contribution < -0.4 is 15.8 Å². The van der Waals surface area contributed by atoms with E-state index in [1.807, 2.05) is 11.8 Å². The molecule has 2 aromatic rings. The summed E-state index contributed by atoms with van der Waals surface area (Å²) in [5, 5.41) is 2.66. The zero-order valence-corrected chi connectivity index (χ0v) is 18.9. The molecule has 1 fully saturated rings. The predicted molar refractivity (Wildman–Crippen MR) is 124 cm³/mol. The molecule has 2 amide bonds. The molecule has 3 rings (SSSR count). The quantitative estimate of drug-likeness (QED) is 0.774. The van der Waals surface area contributed by atoms with Gasteiger partial charge in [-0.3, -0.25) is 14.4 Å². The first-order valence-electron chi connectivity index (χ1n) is 10.9. The van der Waals surface area contributed by atoms with Crippen LogP contribution in [0.25, 0.3) is 0 Å². The molecule has 1 aromatic carbocycles. The van der Waals surface area contributed by atoms with Gasteiger partial charge < -0.3 is 19.7 Å². The lowest BCUT2D eigenvalue weighted by Gasteiger charge is -2.37. The number of rotatable bonds is 6. The summed E-state index contributed by atoms with van der Waals surface area (Å²) in [7, 11) is 0. The van der Waals surface area contributed by atoms with Crippen LogP contribution in [0.3, 0.4) is 0 Å². The first-order chi connectivity index (χ1) is 14.8. The fourth-order valence-electron chi connectivity index (χ4n) is 3.91. The first-order valence-corrected chi connectivity index (χ1v) is 10.9. The molecule has 0 bridgehead atoms. The van der Waals surface area contributed by atoms with Crippen LogP contribution >= 0.6 is 0 Å². The summed E-state index contributed by atoms with van der Waals surface area (Å²) in [6.45, 7) is 10.7. The first kappa shape index (κ1) is 22.6. The number of carbonyl (C=O) groups excluding carboxylic acids is 2. The standard InChI is InChI=1S/C24H32N4O3/c1-5-7-22(29)25-20-11-10-18(3)28(24(20)31)16-23(30)27-14-12-26(13-15-27)21-9-6-8-17(2)19(21)4/h6,8-11H,5,7,12-16H2,1-4H3,(H,25,29). The minimum absolute atomic E-state index is 0.0222. The van der Waals surface area contributed by atoms with Gasteiger partial charge in [-0.15, -0.1) is 0 Å². The summed E-state index contributed by atoms with van der Waals surface area (Å²) in [4.78, 5) is 41.8. The number of aromatic nitrogens is 1. The Kier molecular flexibility index (Phi) is 7.15. The SMILES string of the molecule is CCCC(=O)Nc1ccc(C)n(CC(=O)N2CCN(c3cccc(C)c3C)CC2)c1=O. The molecule has 0 aliphatic carbocycles. The van der Waals surface area contributed by atoms with Crippen molar-refractivity contribution in [3.05, 3.63) is 57.5 Å². The van der Waals surface area contributed by atoms with Crippen LogP contribution in [0.15, 0.2) is 35.1 Å². The maximum absolute atomic E-state index is 12.9. The van der Waals surface area contributed by atoms with Crippen LogP contribution in [0.4, 0.5) is 11.4 Å². The van der Waals surface area contributed by atoms with Gasteiger partial charge in [-0.05, 0) is 56.5 Å². The smallest absolute Gasteiger partial charge is 0.274 e. The van der Waals surface area contributed by atoms with Crippen molar-refractivity contribution >= 4 is 23.2 Å². The summed E-state index contributed by atoms with van der Waals surface area (Å²) in [5.41, 5.74) is 4.32. The highest BCUT2D eigenvalue weighted by molar-refractivity contribution is 5.90. The molecule has 7 heteroatoms. The van der Waals surface area contributed by atoms with E-state index in [2.05, 4.69) is 42.3 Å². The summed E-state index contributed by atoms with van der Waals surface area (Å²) >= 11 is 0. The number of carbonyl (C=O) groups is 2. The van der Waals surface area contributed by atoms with Crippen molar-refractivity contribution in [1.29, 1.82) is 0 Å². The van der Waals surface area contributed by atoms with Crippen molar-refractivity contribution in [1.82, 2.24) is 9.47 Å².